The van der Waals surface area contributed by atoms with E-state index in [1.165, 1.54) is 6.20 Å². The smallest absolute Gasteiger partial charge is 0.471 e. The monoisotopic (exact) mass is 279 g/mol. The van der Waals surface area contributed by atoms with E-state index >= 15 is 0 Å². The van der Waals surface area contributed by atoms with Gasteiger partial charge in [0.05, 0.1) is 0 Å². The Labute approximate surface area is 106 Å². The molecule has 0 aromatic carbocycles. The average molecular weight is 279 g/mol. The number of amides is 1. The largest absolute Gasteiger partial charge is 0.480 e. The fourth-order valence-corrected chi connectivity index (χ4v) is 1.41. The number of carboxylic acids is 1. The molecule has 0 radical (unpaired) electrons. The average Bonchev–Trinajstić information content (AvgIpc) is 2.72. The van der Waals surface area contributed by atoms with Crippen LogP contribution >= 0.6 is 0 Å². The quantitative estimate of drug-likeness (QED) is 0.860. The van der Waals surface area contributed by atoms with Gasteiger partial charge in [-0.05, 0) is 6.42 Å². The zero-order valence-electron chi connectivity index (χ0n) is 9.94. The molecule has 106 valence electrons. The number of alkyl halides is 3. The lowest BCUT2D eigenvalue weighted by Crippen LogP contribution is -2.30. The highest BCUT2D eigenvalue weighted by Crippen LogP contribution is 2.19. The lowest BCUT2D eigenvalue weighted by atomic mass is 10.2. The topological polar surface area (TPSA) is 84.2 Å². The van der Waals surface area contributed by atoms with Gasteiger partial charge >= 0.3 is 18.1 Å². The van der Waals surface area contributed by atoms with Crippen LogP contribution in [0.2, 0.25) is 0 Å². The van der Waals surface area contributed by atoms with E-state index in [0.29, 0.717) is 6.42 Å². The van der Waals surface area contributed by atoms with Crippen molar-refractivity contribution in [3.63, 3.8) is 0 Å². The standard InChI is InChI=1S/C10H12F3N3O3/c1-2-3-6(8(17)18)16-5-4-7(15-16)14-9(19)10(11,12)13/h4-6H,2-3H2,1H3,(H,17,18)(H,14,15,19). The summed E-state index contributed by atoms with van der Waals surface area (Å²) < 4.78 is 37.0. The Morgan fingerprint density at radius 1 is 1.53 bits per heavy atom. The molecule has 1 aromatic heterocycles. The molecule has 19 heavy (non-hydrogen) atoms. The number of nitrogens with one attached hydrogen (secondary N) is 1. The molecule has 0 spiro atoms. The van der Waals surface area contributed by atoms with Gasteiger partial charge in [-0.2, -0.15) is 18.3 Å². The molecular formula is C10H12F3N3O3. The summed E-state index contributed by atoms with van der Waals surface area (Å²) in [7, 11) is 0. The predicted octanol–water partition coefficient (Wildman–Crippen LogP) is 1.81. The van der Waals surface area contributed by atoms with Crippen LogP contribution in [-0.4, -0.2) is 32.9 Å². The Hall–Kier alpha value is -2.06. The van der Waals surface area contributed by atoms with E-state index in [0.717, 1.165) is 10.7 Å². The van der Waals surface area contributed by atoms with Gasteiger partial charge in [0.1, 0.15) is 6.04 Å². The van der Waals surface area contributed by atoms with Crippen LogP contribution in [-0.2, 0) is 9.59 Å². The lowest BCUT2D eigenvalue weighted by molar-refractivity contribution is -0.167. The van der Waals surface area contributed by atoms with E-state index in [1.54, 1.807) is 12.2 Å². The molecule has 1 aromatic rings. The van der Waals surface area contributed by atoms with Gasteiger partial charge in [0.25, 0.3) is 0 Å². The van der Waals surface area contributed by atoms with E-state index in [4.69, 9.17) is 5.11 Å². The van der Waals surface area contributed by atoms with Gasteiger partial charge < -0.3 is 10.4 Å². The maximum atomic E-state index is 12.0. The summed E-state index contributed by atoms with van der Waals surface area (Å²) in [6, 6.07) is 0.136. The molecule has 0 saturated heterocycles. The van der Waals surface area contributed by atoms with Crippen molar-refractivity contribution in [1.29, 1.82) is 0 Å². The summed E-state index contributed by atoms with van der Waals surface area (Å²) in [5.41, 5.74) is 0. The maximum absolute atomic E-state index is 12.0. The van der Waals surface area contributed by atoms with Crippen LogP contribution in [0, 0.1) is 0 Å². The predicted molar refractivity (Wildman–Crippen MR) is 58.5 cm³/mol. The van der Waals surface area contributed by atoms with Crippen LogP contribution in [0.3, 0.4) is 0 Å². The number of hydrogen-bond acceptors (Lipinski definition) is 3. The van der Waals surface area contributed by atoms with E-state index in [-0.39, 0.29) is 12.2 Å². The molecule has 0 saturated carbocycles. The number of halogens is 3. The molecule has 1 atom stereocenters. The summed E-state index contributed by atoms with van der Waals surface area (Å²) in [6.07, 6.45) is -2.95. The third-order valence-corrected chi connectivity index (χ3v) is 2.27. The van der Waals surface area contributed by atoms with Gasteiger partial charge in [0.2, 0.25) is 0 Å². The van der Waals surface area contributed by atoms with Crippen molar-refractivity contribution in [2.24, 2.45) is 0 Å². The minimum absolute atomic E-state index is 0.281. The van der Waals surface area contributed by atoms with Gasteiger partial charge in [-0.25, -0.2) is 4.79 Å². The van der Waals surface area contributed by atoms with Crippen LogP contribution in [0.1, 0.15) is 25.8 Å². The van der Waals surface area contributed by atoms with Gasteiger partial charge in [-0.3, -0.25) is 9.48 Å². The zero-order valence-corrected chi connectivity index (χ0v) is 9.94. The first-order valence-corrected chi connectivity index (χ1v) is 5.41. The Morgan fingerprint density at radius 3 is 2.63 bits per heavy atom. The first-order valence-electron chi connectivity index (χ1n) is 5.41. The van der Waals surface area contributed by atoms with Crippen molar-refractivity contribution in [3.8, 4) is 0 Å². The number of nitrogens with zero attached hydrogens (tertiary/aromatic N) is 2. The van der Waals surface area contributed by atoms with Crippen LogP contribution in [0.4, 0.5) is 19.0 Å². The zero-order chi connectivity index (χ0) is 14.6. The number of carbonyl (C=O) groups excluding carboxylic acids is 1. The molecule has 0 aliphatic rings. The Balaban J connectivity index is 2.81. The van der Waals surface area contributed by atoms with Gasteiger partial charge in [-0.15, -0.1) is 0 Å². The van der Waals surface area contributed by atoms with Gasteiger partial charge in [-0.1, -0.05) is 13.3 Å². The van der Waals surface area contributed by atoms with Gasteiger partial charge in [0.15, 0.2) is 5.82 Å². The van der Waals surface area contributed by atoms with Crippen LogP contribution in [0.5, 0.6) is 0 Å². The van der Waals surface area contributed by atoms with Crippen molar-refractivity contribution in [2.75, 3.05) is 5.32 Å². The highest BCUT2D eigenvalue weighted by Gasteiger charge is 2.39. The third-order valence-electron chi connectivity index (χ3n) is 2.27. The summed E-state index contributed by atoms with van der Waals surface area (Å²) in [6.45, 7) is 1.77. The molecule has 0 aliphatic carbocycles. The third kappa shape index (κ3) is 3.97. The number of hydrogen-bond donors (Lipinski definition) is 2. The minimum atomic E-state index is -5.01. The first kappa shape index (κ1) is 15.0. The Morgan fingerprint density at radius 2 is 2.16 bits per heavy atom. The molecule has 1 heterocycles. The number of rotatable bonds is 5. The van der Waals surface area contributed by atoms with E-state index in [1.807, 2.05) is 0 Å². The highest BCUT2D eigenvalue weighted by atomic mass is 19.4. The summed E-state index contributed by atoms with van der Waals surface area (Å²) in [5, 5.41) is 14.1. The second-order valence-electron chi connectivity index (χ2n) is 3.78. The van der Waals surface area contributed by atoms with Crippen LogP contribution in [0.25, 0.3) is 0 Å². The highest BCUT2D eigenvalue weighted by molar-refractivity contribution is 5.94. The van der Waals surface area contributed by atoms with Crippen LogP contribution < -0.4 is 5.32 Å². The van der Waals surface area contributed by atoms with Crippen molar-refractivity contribution >= 4 is 17.7 Å². The second kappa shape index (κ2) is 5.72. The fraction of sp³-hybridized carbons (Fsp3) is 0.500. The Kier molecular flexibility index (Phi) is 4.52. The number of carboxylic acid groups (broad SMARTS) is 1. The minimum Gasteiger partial charge on any atom is -0.480 e. The molecule has 0 aliphatic heterocycles. The number of carbonyl (C=O) groups is 2. The van der Waals surface area contributed by atoms with Crippen LogP contribution in [0.15, 0.2) is 12.3 Å². The Bertz CT molecular complexity index is 470. The van der Waals surface area contributed by atoms with E-state index in [9.17, 15) is 22.8 Å². The molecular weight excluding hydrogens is 267 g/mol. The number of aliphatic carboxylic acids is 1. The fourth-order valence-electron chi connectivity index (χ4n) is 1.41. The molecule has 2 N–H and O–H groups in total. The number of aromatic nitrogens is 2. The summed E-state index contributed by atoms with van der Waals surface area (Å²) in [4.78, 5) is 21.6. The van der Waals surface area contributed by atoms with Crippen molar-refractivity contribution < 1.29 is 27.9 Å². The molecule has 1 amide bonds. The van der Waals surface area contributed by atoms with Crippen molar-refractivity contribution in [2.45, 2.75) is 32.0 Å². The summed E-state index contributed by atoms with van der Waals surface area (Å²) in [5.74, 6) is -3.64. The normalized spacial score (nSPS) is 13.1. The second-order valence-corrected chi connectivity index (χ2v) is 3.78. The van der Waals surface area contributed by atoms with E-state index < -0.39 is 24.1 Å². The SMILES string of the molecule is CCCC(C(=O)O)n1ccc(NC(=O)C(F)(F)F)n1. The first-order chi connectivity index (χ1) is 8.75. The van der Waals surface area contributed by atoms with Crippen molar-refractivity contribution in [1.82, 2.24) is 9.78 Å². The molecule has 9 heteroatoms. The number of anilines is 1. The van der Waals surface area contributed by atoms with E-state index in [2.05, 4.69) is 5.10 Å². The molecule has 6 nitrogen and oxygen atoms in total. The molecule has 0 bridgehead atoms. The molecule has 0 fully saturated rings. The summed E-state index contributed by atoms with van der Waals surface area (Å²) >= 11 is 0. The molecule has 1 rings (SSSR count). The molecule has 1 unspecified atom stereocenters. The lowest BCUT2D eigenvalue weighted by Gasteiger charge is -2.11. The maximum Gasteiger partial charge on any atom is 0.471 e. The van der Waals surface area contributed by atoms with Crippen molar-refractivity contribution in [3.05, 3.63) is 12.3 Å². The van der Waals surface area contributed by atoms with Gasteiger partial charge in [0, 0.05) is 12.3 Å².